The number of carbonyl (C=O) groups is 1. The van der Waals surface area contributed by atoms with E-state index in [2.05, 4.69) is 36.5 Å². The van der Waals surface area contributed by atoms with E-state index in [0.29, 0.717) is 24.3 Å². The predicted molar refractivity (Wildman–Crippen MR) is 98.1 cm³/mol. The molecule has 2 heterocycles. The summed E-state index contributed by atoms with van der Waals surface area (Å²) in [6.45, 7) is 8.55. The average molecular weight is 328 g/mol. The Balaban J connectivity index is 1.65. The van der Waals surface area contributed by atoms with Gasteiger partial charge in [-0.15, -0.1) is 0 Å². The Labute approximate surface area is 143 Å². The van der Waals surface area contributed by atoms with Crippen LogP contribution < -0.4 is 10.6 Å². The fraction of sp³-hybridized carbons (Fsp3) is 0.579. The second-order valence-electron chi connectivity index (χ2n) is 7.29. The monoisotopic (exact) mass is 328 g/mol. The maximum atomic E-state index is 12.4. The Morgan fingerprint density at radius 1 is 1.42 bits per heavy atom. The number of benzene rings is 1. The highest BCUT2D eigenvalue weighted by atomic mass is 16.1. The molecule has 0 saturated carbocycles. The summed E-state index contributed by atoms with van der Waals surface area (Å²) >= 11 is 0. The number of carbonyl (C=O) groups excluding carboxylic acids is 1. The van der Waals surface area contributed by atoms with Gasteiger partial charge in [0.15, 0.2) is 0 Å². The zero-order valence-electron chi connectivity index (χ0n) is 14.9. The van der Waals surface area contributed by atoms with Crippen molar-refractivity contribution in [2.45, 2.75) is 46.1 Å². The van der Waals surface area contributed by atoms with Gasteiger partial charge in [-0.25, -0.2) is 0 Å². The molecule has 0 spiro atoms. The number of anilines is 1. The van der Waals surface area contributed by atoms with Gasteiger partial charge in [-0.2, -0.15) is 5.10 Å². The Hall–Kier alpha value is -1.88. The van der Waals surface area contributed by atoms with Gasteiger partial charge in [0.25, 0.3) is 0 Å². The third-order valence-electron chi connectivity index (χ3n) is 5.02. The van der Waals surface area contributed by atoms with Crippen LogP contribution in [-0.4, -0.2) is 28.8 Å². The molecule has 0 radical (unpaired) electrons. The van der Waals surface area contributed by atoms with Gasteiger partial charge in [-0.1, -0.05) is 6.92 Å². The first-order chi connectivity index (χ1) is 11.5. The highest BCUT2D eigenvalue weighted by Crippen LogP contribution is 2.24. The van der Waals surface area contributed by atoms with Crippen molar-refractivity contribution in [1.82, 2.24) is 15.1 Å². The van der Waals surface area contributed by atoms with E-state index in [1.807, 2.05) is 29.1 Å². The first-order valence-corrected chi connectivity index (χ1v) is 9.02. The molecule has 1 aliphatic rings. The van der Waals surface area contributed by atoms with Crippen LogP contribution in [0.5, 0.6) is 0 Å². The standard InChI is InChI=1S/C19H28N4O/c1-13(2)23-18-10-17(7-6-16(18)12-21-23)22-19(24)9-14(3)15-5-4-8-20-11-15/h6-7,10,12-15,20H,4-5,8-9,11H2,1-3H3,(H,22,24). The molecule has 3 rings (SSSR count). The Morgan fingerprint density at radius 3 is 2.96 bits per heavy atom. The summed E-state index contributed by atoms with van der Waals surface area (Å²) in [5, 5.41) is 12.0. The van der Waals surface area contributed by atoms with Crippen molar-refractivity contribution in [1.29, 1.82) is 0 Å². The summed E-state index contributed by atoms with van der Waals surface area (Å²) in [6, 6.07) is 6.30. The summed E-state index contributed by atoms with van der Waals surface area (Å²) < 4.78 is 1.99. The molecule has 5 nitrogen and oxygen atoms in total. The number of piperidine rings is 1. The molecular weight excluding hydrogens is 300 g/mol. The van der Waals surface area contributed by atoms with Crippen molar-refractivity contribution in [3.05, 3.63) is 24.4 Å². The lowest BCUT2D eigenvalue weighted by atomic mass is 9.85. The third-order valence-corrected chi connectivity index (χ3v) is 5.02. The normalized spacial score (nSPS) is 19.6. The molecule has 2 atom stereocenters. The molecule has 0 aliphatic carbocycles. The molecule has 2 aromatic rings. The van der Waals surface area contributed by atoms with E-state index < -0.39 is 0 Å². The molecule has 1 saturated heterocycles. The second kappa shape index (κ2) is 7.34. The number of rotatable bonds is 5. The molecule has 1 aromatic carbocycles. The molecule has 1 amide bonds. The van der Waals surface area contributed by atoms with Crippen LogP contribution in [0, 0.1) is 11.8 Å². The quantitative estimate of drug-likeness (QED) is 0.882. The van der Waals surface area contributed by atoms with Gasteiger partial charge in [-0.3, -0.25) is 9.48 Å². The number of aromatic nitrogens is 2. The summed E-state index contributed by atoms with van der Waals surface area (Å²) in [5.74, 6) is 1.11. The molecular formula is C19H28N4O. The Kier molecular flexibility index (Phi) is 5.19. The number of nitrogens with zero attached hydrogens (tertiary/aromatic N) is 2. The van der Waals surface area contributed by atoms with Crippen LogP contribution in [-0.2, 0) is 4.79 Å². The average Bonchev–Trinajstić information content (AvgIpc) is 2.99. The van der Waals surface area contributed by atoms with Crippen molar-refractivity contribution in [2.75, 3.05) is 18.4 Å². The lowest BCUT2D eigenvalue weighted by Gasteiger charge is -2.28. The molecule has 2 N–H and O–H groups in total. The zero-order valence-corrected chi connectivity index (χ0v) is 14.9. The Morgan fingerprint density at radius 2 is 2.25 bits per heavy atom. The Bertz CT molecular complexity index is 700. The minimum Gasteiger partial charge on any atom is -0.326 e. The van der Waals surface area contributed by atoms with E-state index in [9.17, 15) is 4.79 Å². The largest absolute Gasteiger partial charge is 0.326 e. The third kappa shape index (κ3) is 3.78. The van der Waals surface area contributed by atoms with E-state index in [1.54, 1.807) is 0 Å². The molecule has 1 aliphatic heterocycles. The lowest BCUT2D eigenvalue weighted by molar-refractivity contribution is -0.117. The topological polar surface area (TPSA) is 59.0 Å². The van der Waals surface area contributed by atoms with Crippen LogP contribution >= 0.6 is 0 Å². The van der Waals surface area contributed by atoms with E-state index in [0.717, 1.165) is 29.7 Å². The predicted octanol–water partition coefficient (Wildman–Crippen LogP) is 3.58. The second-order valence-corrected chi connectivity index (χ2v) is 7.29. The van der Waals surface area contributed by atoms with Crippen LogP contribution in [0.2, 0.25) is 0 Å². The van der Waals surface area contributed by atoms with E-state index >= 15 is 0 Å². The SMILES string of the molecule is CC(CC(=O)Nc1ccc2cnn(C(C)C)c2c1)C1CCCNC1. The van der Waals surface area contributed by atoms with E-state index in [1.165, 1.54) is 12.8 Å². The van der Waals surface area contributed by atoms with E-state index in [-0.39, 0.29) is 5.91 Å². The number of hydrogen-bond acceptors (Lipinski definition) is 3. The fourth-order valence-electron chi connectivity index (χ4n) is 3.56. The molecule has 0 bridgehead atoms. The van der Waals surface area contributed by atoms with Crippen LogP contribution in [0.15, 0.2) is 24.4 Å². The highest BCUT2D eigenvalue weighted by Gasteiger charge is 2.22. The minimum absolute atomic E-state index is 0.100. The number of fused-ring (bicyclic) bond motifs is 1. The van der Waals surface area contributed by atoms with Gasteiger partial charge >= 0.3 is 0 Å². The minimum atomic E-state index is 0.100. The van der Waals surface area contributed by atoms with Crippen LogP contribution in [0.3, 0.4) is 0 Å². The number of amides is 1. The van der Waals surface area contributed by atoms with Gasteiger partial charge in [0.05, 0.1) is 11.7 Å². The summed E-state index contributed by atoms with van der Waals surface area (Å²) in [7, 11) is 0. The maximum absolute atomic E-state index is 12.4. The van der Waals surface area contributed by atoms with Gasteiger partial charge in [0, 0.05) is 23.5 Å². The van der Waals surface area contributed by atoms with E-state index in [4.69, 9.17) is 0 Å². The molecule has 130 valence electrons. The summed E-state index contributed by atoms with van der Waals surface area (Å²) in [5.41, 5.74) is 1.91. The number of hydrogen-bond donors (Lipinski definition) is 2. The fourth-order valence-corrected chi connectivity index (χ4v) is 3.56. The maximum Gasteiger partial charge on any atom is 0.224 e. The van der Waals surface area contributed by atoms with Crippen LogP contribution in [0.1, 0.15) is 46.1 Å². The van der Waals surface area contributed by atoms with Gasteiger partial charge < -0.3 is 10.6 Å². The highest BCUT2D eigenvalue weighted by molar-refractivity contribution is 5.93. The van der Waals surface area contributed by atoms with Crippen LogP contribution in [0.25, 0.3) is 10.9 Å². The number of nitrogens with one attached hydrogen (secondary N) is 2. The molecule has 2 unspecified atom stereocenters. The lowest BCUT2D eigenvalue weighted by Crippen LogP contribution is -2.34. The van der Waals surface area contributed by atoms with Crippen molar-refractivity contribution in [3.8, 4) is 0 Å². The smallest absolute Gasteiger partial charge is 0.224 e. The van der Waals surface area contributed by atoms with Gasteiger partial charge in [0.1, 0.15) is 0 Å². The van der Waals surface area contributed by atoms with Gasteiger partial charge in [-0.05, 0) is 69.8 Å². The first kappa shape index (κ1) is 17.0. The van der Waals surface area contributed by atoms with Crippen molar-refractivity contribution in [2.24, 2.45) is 11.8 Å². The first-order valence-electron chi connectivity index (χ1n) is 9.02. The molecule has 24 heavy (non-hydrogen) atoms. The van der Waals surface area contributed by atoms with Crippen molar-refractivity contribution >= 4 is 22.5 Å². The van der Waals surface area contributed by atoms with Crippen molar-refractivity contribution in [3.63, 3.8) is 0 Å². The van der Waals surface area contributed by atoms with Crippen molar-refractivity contribution < 1.29 is 4.79 Å². The summed E-state index contributed by atoms with van der Waals surface area (Å²) in [6.07, 6.45) is 4.89. The molecule has 1 fully saturated rings. The molecule has 1 aromatic heterocycles. The molecule has 5 heteroatoms. The summed E-state index contributed by atoms with van der Waals surface area (Å²) in [4.78, 5) is 12.4. The van der Waals surface area contributed by atoms with Crippen LogP contribution in [0.4, 0.5) is 5.69 Å². The van der Waals surface area contributed by atoms with Gasteiger partial charge in [0.2, 0.25) is 5.91 Å². The zero-order chi connectivity index (χ0) is 17.1.